The van der Waals surface area contributed by atoms with Gasteiger partial charge in [-0.25, -0.2) is 19.3 Å². The summed E-state index contributed by atoms with van der Waals surface area (Å²) in [5.41, 5.74) is -1.62. The number of carboxylic acid groups (broad SMARTS) is 1. The predicted molar refractivity (Wildman–Crippen MR) is 185 cm³/mol. The Balaban J connectivity index is 0.00000286. The number of benzene rings is 1. The fraction of sp³-hybridized carbons (Fsp3) is 0.472. The highest BCUT2D eigenvalue weighted by Crippen LogP contribution is 2.45. The van der Waals surface area contributed by atoms with Crippen molar-refractivity contribution in [3.8, 4) is 17.3 Å². The maximum atomic E-state index is 13.8. The molecule has 5 rings (SSSR count). The van der Waals surface area contributed by atoms with Crippen LogP contribution in [0.25, 0.3) is 16.7 Å². The Morgan fingerprint density at radius 2 is 1.90 bits per heavy atom. The molecule has 1 saturated heterocycles. The van der Waals surface area contributed by atoms with Gasteiger partial charge < -0.3 is 29.7 Å². The molecule has 1 saturated carbocycles. The van der Waals surface area contributed by atoms with Crippen molar-refractivity contribution in [3.63, 3.8) is 0 Å². The largest absolute Gasteiger partial charge is 0.496 e. The molecule has 2 aromatic heterocycles. The highest BCUT2D eigenvalue weighted by molar-refractivity contribution is 5.93. The van der Waals surface area contributed by atoms with Crippen molar-refractivity contribution >= 4 is 28.8 Å². The molecule has 0 spiro atoms. The van der Waals surface area contributed by atoms with Crippen LogP contribution in [-0.4, -0.2) is 92.5 Å². The first-order valence-corrected chi connectivity index (χ1v) is 16.8. The summed E-state index contributed by atoms with van der Waals surface area (Å²) >= 11 is 0. The fourth-order valence-corrected chi connectivity index (χ4v) is 6.21. The van der Waals surface area contributed by atoms with E-state index >= 15 is 0 Å². The molecule has 0 radical (unpaired) electrons. The molecular formula is C36H45F3N6O6. The summed E-state index contributed by atoms with van der Waals surface area (Å²) in [6, 6.07) is 3.99. The highest BCUT2D eigenvalue weighted by Gasteiger charge is 2.61. The third kappa shape index (κ3) is 8.12. The van der Waals surface area contributed by atoms with Crippen LogP contribution in [0.5, 0.6) is 11.5 Å². The number of likely N-dealkylation sites (N-methyl/N-ethyl adjacent to an activating group) is 1. The molecule has 3 aromatic rings. The molecule has 276 valence electrons. The van der Waals surface area contributed by atoms with Crippen LogP contribution < -0.4 is 14.8 Å². The van der Waals surface area contributed by atoms with Crippen molar-refractivity contribution in [2.24, 2.45) is 5.92 Å². The molecular weight excluding hydrogens is 669 g/mol. The van der Waals surface area contributed by atoms with Crippen molar-refractivity contribution in [2.45, 2.75) is 76.7 Å². The minimum atomic E-state index is -4.67. The van der Waals surface area contributed by atoms with Gasteiger partial charge in [0.2, 0.25) is 5.91 Å². The SMILES string of the molecule is C=CCCCCN(C)C(=O)[C@@H]1C[C@H](Oc2cc(-n3ccc(C(F)(F)F)n3)nc3c(C)c(OC)ccc23)CN1C(=O)N[C@]1(C(=O)O)C[C@H]1C=C.CC. The van der Waals surface area contributed by atoms with E-state index in [9.17, 15) is 32.7 Å². The van der Waals surface area contributed by atoms with E-state index in [0.717, 1.165) is 29.8 Å². The summed E-state index contributed by atoms with van der Waals surface area (Å²) < 4.78 is 53.1. The number of carbonyl (C=O) groups is 3. The lowest BCUT2D eigenvalue weighted by molar-refractivity contribution is -0.142. The van der Waals surface area contributed by atoms with E-state index in [1.807, 2.05) is 13.8 Å². The number of rotatable bonds is 13. The van der Waals surface area contributed by atoms with Gasteiger partial charge in [-0.1, -0.05) is 26.0 Å². The van der Waals surface area contributed by atoms with E-state index < -0.39 is 47.5 Å². The standard InChI is InChI=1S/C34H39F3N6O6.C2H6/c1-6-8-9-10-14-41(4)30(44)24-16-22(19-42(24)32(47)39-33(31(45)46)18-21(33)7-2)49-26-17-28(43-15-13-27(40-43)34(35,36)37)38-29-20(3)25(48-5)12-11-23(26)29;1-2/h6-7,11-13,15,17,21-22,24H,1-2,8-10,14,16,18-19H2,3-5H3,(H,39,47)(H,45,46);1-2H3/t21-,22+,24+,33-;/m1./s1. The molecule has 3 heterocycles. The van der Waals surface area contributed by atoms with Gasteiger partial charge in [0.15, 0.2) is 11.5 Å². The Morgan fingerprint density at radius 3 is 2.49 bits per heavy atom. The maximum Gasteiger partial charge on any atom is 0.435 e. The molecule has 1 aliphatic heterocycles. The third-order valence-electron chi connectivity index (χ3n) is 9.11. The van der Waals surface area contributed by atoms with Crippen LogP contribution in [0.2, 0.25) is 0 Å². The van der Waals surface area contributed by atoms with Crippen LogP contribution in [0.4, 0.5) is 18.0 Å². The van der Waals surface area contributed by atoms with Crippen LogP contribution in [0, 0.1) is 12.8 Å². The second kappa shape index (κ2) is 15.9. The number of alkyl halides is 3. The maximum absolute atomic E-state index is 13.8. The number of likely N-dealkylation sites (tertiary alicyclic amines) is 1. The number of hydrogen-bond acceptors (Lipinski definition) is 7. The minimum Gasteiger partial charge on any atom is -0.496 e. The number of carbonyl (C=O) groups excluding carboxylic acids is 2. The average Bonchev–Trinajstić information content (AvgIpc) is 3.39. The molecule has 51 heavy (non-hydrogen) atoms. The number of unbranched alkanes of at least 4 members (excludes halogenated alkanes) is 2. The van der Waals surface area contributed by atoms with E-state index in [-0.39, 0.29) is 36.9 Å². The van der Waals surface area contributed by atoms with Crippen molar-refractivity contribution in [2.75, 3.05) is 27.2 Å². The van der Waals surface area contributed by atoms with Gasteiger partial charge in [0.1, 0.15) is 29.2 Å². The number of halogens is 3. The van der Waals surface area contributed by atoms with Crippen LogP contribution in [0.15, 0.2) is 55.8 Å². The lowest BCUT2D eigenvalue weighted by atomic mass is 10.1. The number of fused-ring (bicyclic) bond motifs is 1. The average molecular weight is 715 g/mol. The number of urea groups is 1. The first kappa shape index (κ1) is 38.7. The molecule has 4 atom stereocenters. The van der Waals surface area contributed by atoms with Crippen LogP contribution in [-0.2, 0) is 15.8 Å². The first-order valence-electron chi connectivity index (χ1n) is 16.8. The van der Waals surface area contributed by atoms with E-state index in [2.05, 4.69) is 28.6 Å². The van der Waals surface area contributed by atoms with Gasteiger partial charge in [0, 0.05) is 49.1 Å². The number of pyridine rings is 1. The normalized spacial score (nSPS) is 20.9. The summed E-state index contributed by atoms with van der Waals surface area (Å²) in [4.78, 5) is 47.0. The number of allylic oxidation sites excluding steroid dienone is 1. The number of methoxy groups -OCH3 is 1. The molecule has 2 N–H and O–H groups in total. The van der Waals surface area contributed by atoms with Gasteiger partial charge in [-0.3, -0.25) is 4.79 Å². The molecule has 0 bridgehead atoms. The lowest BCUT2D eigenvalue weighted by Crippen LogP contribution is -2.55. The fourth-order valence-electron chi connectivity index (χ4n) is 6.21. The molecule has 2 fully saturated rings. The zero-order valence-corrected chi connectivity index (χ0v) is 29.5. The molecule has 15 heteroatoms. The Bertz CT molecular complexity index is 1780. The zero-order valence-electron chi connectivity index (χ0n) is 29.5. The van der Waals surface area contributed by atoms with Gasteiger partial charge >= 0.3 is 18.2 Å². The van der Waals surface area contributed by atoms with Crippen molar-refractivity contribution in [1.82, 2.24) is 29.9 Å². The number of carboxylic acids is 1. The number of aliphatic carboxylic acids is 1. The van der Waals surface area contributed by atoms with Gasteiger partial charge in [0.05, 0.1) is 19.2 Å². The molecule has 12 nitrogen and oxygen atoms in total. The number of amides is 3. The number of aryl methyl sites for hydroxylation is 1. The number of ether oxygens (including phenoxy) is 2. The highest BCUT2D eigenvalue weighted by atomic mass is 19.4. The summed E-state index contributed by atoms with van der Waals surface area (Å²) in [5.74, 6) is -1.22. The lowest BCUT2D eigenvalue weighted by Gasteiger charge is -2.29. The summed E-state index contributed by atoms with van der Waals surface area (Å²) in [6.45, 7) is 13.5. The van der Waals surface area contributed by atoms with E-state index in [1.54, 1.807) is 37.1 Å². The number of nitrogens with one attached hydrogen (secondary N) is 1. The smallest absolute Gasteiger partial charge is 0.435 e. The summed E-state index contributed by atoms with van der Waals surface area (Å²) in [7, 11) is 3.13. The predicted octanol–water partition coefficient (Wildman–Crippen LogP) is 6.16. The van der Waals surface area contributed by atoms with Gasteiger partial charge in [-0.05, 0) is 50.8 Å². The van der Waals surface area contributed by atoms with Crippen LogP contribution in [0.1, 0.15) is 57.2 Å². The van der Waals surface area contributed by atoms with Crippen molar-refractivity contribution < 1.29 is 42.1 Å². The Kier molecular flexibility index (Phi) is 12.0. The number of aromatic nitrogens is 3. The van der Waals surface area contributed by atoms with Gasteiger partial charge in [-0.15, -0.1) is 13.2 Å². The number of hydrogen-bond donors (Lipinski definition) is 2. The van der Waals surface area contributed by atoms with Crippen LogP contribution >= 0.6 is 0 Å². The Morgan fingerprint density at radius 1 is 1.18 bits per heavy atom. The molecule has 2 aliphatic rings. The van der Waals surface area contributed by atoms with Crippen LogP contribution in [0.3, 0.4) is 0 Å². The Hall–Kier alpha value is -5.08. The number of nitrogens with zero attached hydrogens (tertiary/aromatic N) is 5. The molecule has 0 unspecified atom stereocenters. The molecule has 3 amide bonds. The Labute approximate surface area is 294 Å². The summed E-state index contributed by atoms with van der Waals surface area (Å²) in [5, 5.41) is 16.7. The monoisotopic (exact) mass is 714 g/mol. The summed E-state index contributed by atoms with van der Waals surface area (Å²) in [6.07, 6.45) is 1.58. The second-order valence-electron chi connectivity index (χ2n) is 12.4. The quantitative estimate of drug-likeness (QED) is 0.159. The van der Waals surface area contributed by atoms with E-state index in [4.69, 9.17) is 9.47 Å². The van der Waals surface area contributed by atoms with Gasteiger partial charge in [-0.2, -0.15) is 18.3 Å². The zero-order chi connectivity index (χ0) is 37.7. The van der Waals surface area contributed by atoms with E-state index in [0.29, 0.717) is 35.2 Å². The van der Waals surface area contributed by atoms with Crippen molar-refractivity contribution in [3.05, 3.63) is 67.0 Å². The first-order chi connectivity index (χ1) is 24.2. The molecule has 1 aliphatic carbocycles. The van der Waals surface area contributed by atoms with Crippen molar-refractivity contribution in [1.29, 1.82) is 0 Å². The second-order valence-corrected chi connectivity index (χ2v) is 12.4. The minimum absolute atomic E-state index is 0.0430. The third-order valence-corrected chi connectivity index (χ3v) is 9.11. The molecule has 1 aromatic carbocycles. The van der Waals surface area contributed by atoms with E-state index in [1.165, 1.54) is 24.2 Å². The topological polar surface area (TPSA) is 139 Å². The van der Waals surface area contributed by atoms with Gasteiger partial charge in [0.25, 0.3) is 0 Å².